The van der Waals surface area contributed by atoms with Gasteiger partial charge in [0, 0.05) is 0 Å². The van der Waals surface area contributed by atoms with Crippen molar-refractivity contribution in [3.05, 3.63) is 54.1 Å². The molecular weight excluding hydrogens is 216 g/mol. The van der Waals surface area contributed by atoms with Crippen molar-refractivity contribution in [2.45, 2.75) is 6.92 Å². The van der Waals surface area contributed by atoms with Crippen LogP contribution in [0.15, 0.2) is 48.6 Å². The van der Waals surface area contributed by atoms with Gasteiger partial charge in [0.2, 0.25) is 0 Å². The summed E-state index contributed by atoms with van der Waals surface area (Å²) in [5, 5.41) is 0. The maximum absolute atomic E-state index is 11.6. The maximum Gasteiger partial charge on any atom is 0.338 e. The molecule has 0 fully saturated rings. The van der Waals surface area contributed by atoms with Crippen molar-refractivity contribution in [1.29, 1.82) is 0 Å². The first-order valence-corrected chi connectivity index (χ1v) is 5.37. The molecule has 0 aromatic heterocycles. The van der Waals surface area contributed by atoms with E-state index in [0.29, 0.717) is 5.56 Å². The van der Waals surface area contributed by atoms with E-state index in [0.717, 1.165) is 5.75 Å². The lowest BCUT2D eigenvalue weighted by Gasteiger charge is -2.03. The molecule has 0 saturated heterocycles. The van der Waals surface area contributed by atoms with Crippen molar-refractivity contribution in [1.82, 2.24) is 0 Å². The number of hydrogen-bond donors (Lipinski definition) is 0. The van der Waals surface area contributed by atoms with Crippen LogP contribution in [-0.2, 0) is 4.74 Å². The van der Waals surface area contributed by atoms with E-state index in [1.54, 1.807) is 37.5 Å². The number of methoxy groups -OCH3 is 1. The number of allylic oxidation sites excluding steroid dienone is 3. The van der Waals surface area contributed by atoms with Crippen molar-refractivity contribution < 1.29 is 14.3 Å². The molecule has 90 valence electrons. The highest BCUT2D eigenvalue weighted by Crippen LogP contribution is 2.11. The first-order valence-electron chi connectivity index (χ1n) is 5.37. The second kappa shape index (κ2) is 7.28. The smallest absolute Gasteiger partial charge is 0.338 e. The fourth-order valence-corrected chi connectivity index (χ4v) is 1.18. The number of carbonyl (C=O) groups excluding carboxylic acids is 1. The number of benzene rings is 1. The highest BCUT2D eigenvalue weighted by Gasteiger charge is 2.05. The van der Waals surface area contributed by atoms with Crippen molar-refractivity contribution in [2.75, 3.05) is 13.7 Å². The van der Waals surface area contributed by atoms with E-state index in [1.807, 2.05) is 25.2 Å². The minimum atomic E-state index is -0.335. The van der Waals surface area contributed by atoms with Crippen molar-refractivity contribution in [3.8, 4) is 5.75 Å². The molecule has 3 nitrogen and oxygen atoms in total. The number of ether oxygens (including phenoxy) is 2. The van der Waals surface area contributed by atoms with Gasteiger partial charge in [-0.2, -0.15) is 0 Å². The van der Waals surface area contributed by atoms with Gasteiger partial charge >= 0.3 is 5.97 Å². The summed E-state index contributed by atoms with van der Waals surface area (Å²) in [6.45, 7) is 2.20. The standard InChI is InChI=1S/C14H16O3/c1-3-4-5-6-11-17-14(15)12-7-9-13(16-2)10-8-12/h3-10H,11H2,1-2H3/b4-3+,6-5+. The summed E-state index contributed by atoms with van der Waals surface area (Å²) in [4.78, 5) is 11.6. The number of esters is 1. The Morgan fingerprint density at radius 3 is 2.53 bits per heavy atom. The SMILES string of the molecule is C/C=C/C=C/COC(=O)c1ccc(OC)cc1. The van der Waals surface area contributed by atoms with Crippen LogP contribution in [0, 0.1) is 0 Å². The molecule has 0 amide bonds. The lowest BCUT2D eigenvalue weighted by Crippen LogP contribution is -2.04. The molecule has 1 aromatic rings. The Morgan fingerprint density at radius 1 is 1.24 bits per heavy atom. The molecule has 0 N–H and O–H groups in total. The van der Waals surface area contributed by atoms with Crippen LogP contribution in [0.3, 0.4) is 0 Å². The molecule has 0 spiro atoms. The average molecular weight is 232 g/mol. The van der Waals surface area contributed by atoms with Gasteiger partial charge in [0.25, 0.3) is 0 Å². The monoisotopic (exact) mass is 232 g/mol. The zero-order valence-corrected chi connectivity index (χ0v) is 10.1. The molecule has 0 atom stereocenters. The van der Waals surface area contributed by atoms with Gasteiger partial charge < -0.3 is 9.47 Å². The molecule has 0 saturated carbocycles. The number of carbonyl (C=O) groups is 1. The van der Waals surface area contributed by atoms with Gasteiger partial charge in [-0.25, -0.2) is 4.79 Å². The Hall–Kier alpha value is -2.03. The van der Waals surface area contributed by atoms with E-state index in [2.05, 4.69) is 0 Å². The van der Waals surface area contributed by atoms with E-state index in [1.165, 1.54) is 0 Å². The van der Waals surface area contributed by atoms with E-state index in [9.17, 15) is 4.79 Å². The Morgan fingerprint density at radius 2 is 1.94 bits per heavy atom. The van der Waals surface area contributed by atoms with Crippen molar-refractivity contribution in [3.63, 3.8) is 0 Å². The third-order valence-electron chi connectivity index (χ3n) is 2.08. The summed E-state index contributed by atoms with van der Waals surface area (Å²) in [7, 11) is 1.58. The van der Waals surface area contributed by atoms with Crippen LogP contribution in [0.5, 0.6) is 5.75 Å². The predicted molar refractivity (Wildman–Crippen MR) is 67.2 cm³/mol. The van der Waals surface area contributed by atoms with Crippen LogP contribution in [0.4, 0.5) is 0 Å². The largest absolute Gasteiger partial charge is 0.497 e. The molecule has 1 aromatic carbocycles. The first-order chi connectivity index (χ1) is 8.27. The van der Waals surface area contributed by atoms with Gasteiger partial charge in [0.1, 0.15) is 12.4 Å². The van der Waals surface area contributed by atoms with E-state index in [-0.39, 0.29) is 12.6 Å². The minimum absolute atomic E-state index is 0.273. The Labute approximate surface area is 101 Å². The summed E-state index contributed by atoms with van der Waals surface area (Å²) < 4.78 is 10.1. The minimum Gasteiger partial charge on any atom is -0.497 e. The fraction of sp³-hybridized carbons (Fsp3) is 0.214. The van der Waals surface area contributed by atoms with Crippen LogP contribution in [-0.4, -0.2) is 19.7 Å². The van der Waals surface area contributed by atoms with Gasteiger partial charge in [0.15, 0.2) is 0 Å². The summed E-state index contributed by atoms with van der Waals surface area (Å²) in [6.07, 6.45) is 7.39. The molecule has 0 heterocycles. The molecule has 17 heavy (non-hydrogen) atoms. The van der Waals surface area contributed by atoms with E-state index >= 15 is 0 Å². The van der Waals surface area contributed by atoms with E-state index in [4.69, 9.17) is 9.47 Å². The van der Waals surface area contributed by atoms with E-state index < -0.39 is 0 Å². The second-order valence-electron chi connectivity index (χ2n) is 3.28. The summed E-state index contributed by atoms with van der Waals surface area (Å²) in [5.74, 6) is 0.382. The number of hydrogen-bond acceptors (Lipinski definition) is 3. The fourth-order valence-electron chi connectivity index (χ4n) is 1.18. The van der Waals surface area contributed by atoms with Gasteiger partial charge in [-0.3, -0.25) is 0 Å². The Balaban J connectivity index is 2.46. The van der Waals surface area contributed by atoms with Gasteiger partial charge in [-0.05, 0) is 37.3 Å². The molecule has 0 unspecified atom stereocenters. The van der Waals surface area contributed by atoms with Crippen LogP contribution in [0.1, 0.15) is 17.3 Å². The summed E-state index contributed by atoms with van der Waals surface area (Å²) >= 11 is 0. The third-order valence-corrected chi connectivity index (χ3v) is 2.08. The lowest BCUT2D eigenvalue weighted by molar-refractivity contribution is 0.0549. The summed E-state index contributed by atoms with van der Waals surface area (Å²) in [5.41, 5.74) is 0.519. The lowest BCUT2D eigenvalue weighted by atomic mass is 10.2. The third kappa shape index (κ3) is 4.55. The van der Waals surface area contributed by atoms with Crippen LogP contribution in [0.25, 0.3) is 0 Å². The second-order valence-corrected chi connectivity index (χ2v) is 3.28. The predicted octanol–water partition coefficient (Wildman–Crippen LogP) is 2.98. The molecular formula is C14H16O3. The van der Waals surface area contributed by atoms with Crippen LogP contribution >= 0.6 is 0 Å². The molecule has 0 radical (unpaired) electrons. The zero-order chi connectivity index (χ0) is 12.5. The molecule has 0 bridgehead atoms. The first kappa shape index (κ1) is 13.0. The van der Waals surface area contributed by atoms with Gasteiger partial charge in [-0.15, -0.1) is 0 Å². The molecule has 1 rings (SSSR count). The molecule has 3 heteroatoms. The van der Waals surface area contributed by atoms with Gasteiger partial charge in [-0.1, -0.05) is 18.2 Å². The molecule has 0 aliphatic carbocycles. The highest BCUT2D eigenvalue weighted by atomic mass is 16.5. The Bertz CT molecular complexity index is 402. The summed E-state index contributed by atoms with van der Waals surface area (Å²) in [6, 6.07) is 6.81. The average Bonchev–Trinajstić information content (AvgIpc) is 2.38. The Kier molecular flexibility index (Phi) is 5.58. The quantitative estimate of drug-likeness (QED) is 0.578. The normalized spacial score (nSPS) is 10.9. The molecule has 0 aliphatic rings. The van der Waals surface area contributed by atoms with Gasteiger partial charge in [0.05, 0.1) is 12.7 Å². The van der Waals surface area contributed by atoms with Crippen molar-refractivity contribution >= 4 is 5.97 Å². The molecule has 0 aliphatic heterocycles. The van der Waals surface area contributed by atoms with Crippen LogP contribution in [0.2, 0.25) is 0 Å². The van der Waals surface area contributed by atoms with Crippen LogP contribution < -0.4 is 4.74 Å². The number of rotatable bonds is 5. The van der Waals surface area contributed by atoms with Crippen molar-refractivity contribution in [2.24, 2.45) is 0 Å². The topological polar surface area (TPSA) is 35.5 Å². The maximum atomic E-state index is 11.6. The zero-order valence-electron chi connectivity index (χ0n) is 10.1. The highest BCUT2D eigenvalue weighted by molar-refractivity contribution is 5.89.